The van der Waals surface area contributed by atoms with Crippen molar-refractivity contribution in [2.75, 3.05) is 5.32 Å². The fourth-order valence-electron chi connectivity index (χ4n) is 3.84. The summed E-state index contributed by atoms with van der Waals surface area (Å²) in [5.74, 6) is -0.666. The average Bonchev–Trinajstić information content (AvgIpc) is 2.76. The number of benzene rings is 1. The number of pyridine rings is 1. The van der Waals surface area contributed by atoms with Crippen molar-refractivity contribution in [3.63, 3.8) is 0 Å². The van der Waals surface area contributed by atoms with Crippen molar-refractivity contribution in [2.45, 2.75) is 31.7 Å². The number of H-pyrrole nitrogens is 1. The Balaban J connectivity index is 1.59. The standard InChI is InChI=1S/C22H22FN5O2/c23-18-12-26-22(27-17-6-2-5-15(10-17)21(24)30)28-20(18)14-4-1-3-13(9-14)16-7-8-19(29)25-11-16/h1,3-4,7-9,11-12,15,17H,2,5-6,10H2,(H2,24,30)(H,25,29)(H,26,27,28). The number of nitrogens with one attached hydrogen (secondary N) is 2. The van der Waals surface area contributed by atoms with Crippen LogP contribution in [0.4, 0.5) is 10.3 Å². The minimum atomic E-state index is -0.530. The van der Waals surface area contributed by atoms with E-state index in [2.05, 4.69) is 20.3 Å². The molecule has 3 aromatic rings. The van der Waals surface area contributed by atoms with E-state index in [0.29, 0.717) is 17.9 Å². The molecule has 1 aliphatic carbocycles. The van der Waals surface area contributed by atoms with Crippen molar-refractivity contribution in [2.24, 2.45) is 11.7 Å². The second-order valence-corrected chi connectivity index (χ2v) is 7.52. The SMILES string of the molecule is NC(=O)C1CCCC(Nc2ncc(F)c(-c3cccc(-c4ccc(=O)[nH]c4)c3)n2)C1. The normalized spacial score (nSPS) is 18.7. The van der Waals surface area contributed by atoms with E-state index >= 15 is 0 Å². The van der Waals surface area contributed by atoms with Crippen LogP contribution in [-0.4, -0.2) is 26.9 Å². The van der Waals surface area contributed by atoms with Gasteiger partial charge in [-0.2, -0.15) is 0 Å². The molecule has 1 aromatic carbocycles. The van der Waals surface area contributed by atoms with Crippen LogP contribution in [0.2, 0.25) is 0 Å². The van der Waals surface area contributed by atoms with E-state index in [1.165, 1.54) is 6.07 Å². The Morgan fingerprint density at radius 3 is 2.77 bits per heavy atom. The lowest BCUT2D eigenvalue weighted by molar-refractivity contribution is -0.122. The van der Waals surface area contributed by atoms with Crippen molar-refractivity contribution in [3.05, 3.63) is 65.0 Å². The van der Waals surface area contributed by atoms with Gasteiger partial charge in [-0.3, -0.25) is 9.59 Å². The highest BCUT2D eigenvalue weighted by Gasteiger charge is 2.26. The summed E-state index contributed by atoms with van der Waals surface area (Å²) < 4.78 is 14.5. The number of hydrogen-bond acceptors (Lipinski definition) is 5. The summed E-state index contributed by atoms with van der Waals surface area (Å²) in [5.41, 5.74) is 7.67. The van der Waals surface area contributed by atoms with Crippen molar-refractivity contribution in [1.82, 2.24) is 15.0 Å². The molecule has 2 unspecified atom stereocenters. The van der Waals surface area contributed by atoms with Gasteiger partial charge in [0.1, 0.15) is 5.69 Å². The van der Waals surface area contributed by atoms with Crippen molar-refractivity contribution < 1.29 is 9.18 Å². The third-order valence-electron chi connectivity index (χ3n) is 5.41. The Bertz CT molecular complexity index is 1110. The number of primary amides is 1. The fraction of sp³-hybridized carbons (Fsp3) is 0.273. The van der Waals surface area contributed by atoms with Gasteiger partial charge in [-0.25, -0.2) is 14.4 Å². The second-order valence-electron chi connectivity index (χ2n) is 7.52. The van der Waals surface area contributed by atoms with Gasteiger partial charge in [0.2, 0.25) is 17.4 Å². The van der Waals surface area contributed by atoms with Crippen LogP contribution in [0.5, 0.6) is 0 Å². The number of amides is 1. The first-order chi connectivity index (χ1) is 14.5. The highest BCUT2D eigenvalue weighted by atomic mass is 19.1. The number of aromatic amines is 1. The van der Waals surface area contributed by atoms with Gasteiger partial charge in [0, 0.05) is 29.8 Å². The molecule has 1 aliphatic rings. The number of halogens is 1. The molecular formula is C22H22FN5O2. The van der Waals surface area contributed by atoms with Crippen LogP contribution >= 0.6 is 0 Å². The predicted octanol–water partition coefficient (Wildman–Crippen LogP) is 3.09. The molecule has 4 N–H and O–H groups in total. The molecule has 7 nitrogen and oxygen atoms in total. The smallest absolute Gasteiger partial charge is 0.247 e. The van der Waals surface area contributed by atoms with Gasteiger partial charge in [-0.15, -0.1) is 0 Å². The van der Waals surface area contributed by atoms with Crippen LogP contribution in [0.15, 0.2) is 53.6 Å². The Hall–Kier alpha value is -3.55. The van der Waals surface area contributed by atoms with Crippen LogP contribution < -0.4 is 16.6 Å². The largest absolute Gasteiger partial charge is 0.369 e. The van der Waals surface area contributed by atoms with Gasteiger partial charge in [-0.05, 0) is 42.5 Å². The van der Waals surface area contributed by atoms with Crippen molar-refractivity contribution >= 4 is 11.9 Å². The molecule has 1 amide bonds. The molecule has 0 aliphatic heterocycles. The molecule has 1 fully saturated rings. The molecule has 0 radical (unpaired) electrons. The van der Waals surface area contributed by atoms with Gasteiger partial charge in [0.25, 0.3) is 0 Å². The summed E-state index contributed by atoms with van der Waals surface area (Å²) in [6.45, 7) is 0. The number of carbonyl (C=O) groups is 1. The first-order valence-electron chi connectivity index (χ1n) is 9.87. The second kappa shape index (κ2) is 8.44. The summed E-state index contributed by atoms with van der Waals surface area (Å²) in [5, 5.41) is 3.22. The van der Waals surface area contributed by atoms with Crippen molar-refractivity contribution in [1.29, 1.82) is 0 Å². The number of aromatic nitrogens is 3. The van der Waals surface area contributed by atoms with E-state index in [0.717, 1.165) is 36.6 Å². The molecule has 0 saturated heterocycles. The highest BCUT2D eigenvalue weighted by molar-refractivity contribution is 5.76. The van der Waals surface area contributed by atoms with E-state index in [1.807, 2.05) is 18.2 Å². The lowest BCUT2D eigenvalue weighted by atomic mass is 9.85. The molecule has 154 valence electrons. The number of nitrogens with zero attached hydrogens (tertiary/aromatic N) is 2. The van der Waals surface area contributed by atoms with Crippen LogP contribution in [0.1, 0.15) is 25.7 Å². The first kappa shape index (κ1) is 19.8. The Morgan fingerprint density at radius 2 is 2.00 bits per heavy atom. The van der Waals surface area contributed by atoms with Crippen LogP contribution in [0.3, 0.4) is 0 Å². The predicted molar refractivity (Wildman–Crippen MR) is 112 cm³/mol. The molecular weight excluding hydrogens is 385 g/mol. The van der Waals surface area contributed by atoms with E-state index in [9.17, 15) is 14.0 Å². The lowest BCUT2D eigenvalue weighted by Gasteiger charge is -2.27. The van der Waals surface area contributed by atoms with Gasteiger partial charge in [-0.1, -0.05) is 24.6 Å². The lowest BCUT2D eigenvalue weighted by Crippen LogP contribution is -2.34. The topological polar surface area (TPSA) is 114 Å². The zero-order chi connectivity index (χ0) is 21.1. The Morgan fingerprint density at radius 1 is 1.17 bits per heavy atom. The summed E-state index contributed by atoms with van der Waals surface area (Å²) >= 11 is 0. The third-order valence-corrected chi connectivity index (χ3v) is 5.41. The molecule has 30 heavy (non-hydrogen) atoms. The monoisotopic (exact) mass is 407 g/mol. The molecule has 2 heterocycles. The van der Waals surface area contributed by atoms with Crippen LogP contribution in [0, 0.1) is 11.7 Å². The minimum absolute atomic E-state index is 0.0158. The first-order valence-corrected chi connectivity index (χ1v) is 9.87. The number of hydrogen-bond donors (Lipinski definition) is 3. The van der Waals surface area contributed by atoms with E-state index < -0.39 is 5.82 Å². The average molecular weight is 407 g/mol. The van der Waals surface area contributed by atoms with E-state index in [-0.39, 0.29) is 29.1 Å². The summed E-state index contributed by atoms with van der Waals surface area (Å²) in [4.78, 5) is 33.9. The fourth-order valence-corrected chi connectivity index (χ4v) is 3.84. The van der Waals surface area contributed by atoms with Gasteiger partial charge < -0.3 is 16.0 Å². The quantitative estimate of drug-likeness (QED) is 0.601. The maximum absolute atomic E-state index is 14.5. The number of rotatable bonds is 5. The maximum atomic E-state index is 14.5. The van der Waals surface area contributed by atoms with Crippen LogP contribution in [-0.2, 0) is 4.79 Å². The Kier molecular flexibility index (Phi) is 5.56. The highest BCUT2D eigenvalue weighted by Crippen LogP contribution is 2.29. The zero-order valence-corrected chi connectivity index (χ0v) is 16.3. The molecule has 2 aromatic heterocycles. The summed E-state index contributed by atoms with van der Waals surface area (Å²) in [6, 6.07) is 10.4. The zero-order valence-electron chi connectivity index (χ0n) is 16.3. The molecule has 4 rings (SSSR count). The number of anilines is 1. The van der Waals surface area contributed by atoms with Gasteiger partial charge >= 0.3 is 0 Å². The van der Waals surface area contributed by atoms with Crippen LogP contribution in [0.25, 0.3) is 22.4 Å². The van der Waals surface area contributed by atoms with Crippen molar-refractivity contribution in [3.8, 4) is 22.4 Å². The van der Waals surface area contributed by atoms with E-state index in [1.54, 1.807) is 18.3 Å². The summed E-state index contributed by atoms with van der Waals surface area (Å²) in [6.07, 6.45) is 5.94. The number of nitrogens with two attached hydrogens (primary N) is 1. The molecule has 0 spiro atoms. The third kappa shape index (κ3) is 4.37. The van der Waals surface area contributed by atoms with Gasteiger partial charge in [0.05, 0.1) is 6.20 Å². The Labute approximate surface area is 172 Å². The molecule has 2 atom stereocenters. The maximum Gasteiger partial charge on any atom is 0.247 e. The van der Waals surface area contributed by atoms with E-state index in [4.69, 9.17) is 5.73 Å². The molecule has 1 saturated carbocycles. The number of carbonyl (C=O) groups excluding carboxylic acids is 1. The molecule has 8 heteroatoms. The minimum Gasteiger partial charge on any atom is -0.369 e. The van der Waals surface area contributed by atoms with Gasteiger partial charge in [0.15, 0.2) is 5.82 Å². The summed E-state index contributed by atoms with van der Waals surface area (Å²) in [7, 11) is 0. The molecule has 0 bridgehead atoms.